The van der Waals surface area contributed by atoms with Crippen molar-refractivity contribution in [3.05, 3.63) is 0 Å². The van der Waals surface area contributed by atoms with Crippen LogP contribution in [0.1, 0.15) is 38.5 Å². The van der Waals surface area contributed by atoms with Gasteiger partial charge in [-0.2, -0.15) is 0 Å². The fourth-order valence-electron chi connectivity index (χ4n) is 5.58. The van der Waals surface area contributed by atoms with Gasteiger partial charge in [-0.05, 0) is 61.2 Å². The van der Waals surface area contributed by atoms with Crippen molar-refractivity contribution in [3.8, 4) is 0 Å². The fraction of sp³-hybridized carbons (Fsp3) is 0.923. The van der Waals surface area contributed by atoms with Crippen LogP contribution >= 0.6 is 0 Å². The maximum Gasteiger partial charge on any atom is 0.220 e. The Kier molecular flexibility index (Phi) is 1.48. The minimum absolute atomic E-state index is 0.327. The first-order valence-corrected chi connectivity index (χ1v) is 6.52. The summed E-state index contributed by atoms with van der Waals surface area (Å²) in [7, 11) is 0. The lowest BCUT2D eigenvalue weighted by Gasteiger charge is -2.62. The molecule has 0 aromatic carbocycles. The minimum atomic E-state index is 0.327. The first kappa shape index (κ1) is 8.60. The molecule has 3 unspecified atom stereocenters. The molecule has 5 aliphatic rings. The first-order valence-electron chi connectivity index (χ1n) is 6.52. The van der Waals surface area contributed by atoms with E-state index in [0.29, 0.717) is 11.3 Å². The molecule has 5 fully saturated rings. The van der Waals surface area contributed by atoms with Crippen molar-refractivity contribution >= 4 is 5.91 Å². The molecule has 1 heterocycles. The fourth-order valence-corrected chi connectivity index (χ4v) is 5.58. The van der Waals surface area contributed by atoms with Crippen LogP contribution < -0.4 is 5.32 Å². The second-order valence-electron chi connectivity index (χ2n) is 6.56. The summed E-state index contributed by atoms with van der Waals surface area (Å²) >= 11 is 0. The van der Waals surface area contributed by atoms with Gasteiger partial charge in [0.15, 0.2) is 0 Å². The molecule has 15 heavy (non-hydrogen) atoms. The molecule has 0 radical (unpaired) electrons. The van der Waals surface area contributed by atoms with Crippen LogP contribution in [0.2, 0.25) is 0 Å². The maximum atomic E-state index is 11.6. The van der Waals surface area contributed by atoms with Crippen LogP contribution in [0.4, 0.5) is 0 Å². The molecule has 1 N–H and O–H groups in total. The second-order valence-corrected chi connectivity index (χ2v) is 6.56. The molecule has 4 aliphatic carbocycles. The van der Waals surface area contributed by atoms with Gasteiger partial charge in [0.2, 0.25) is 5.91 Å². The predicted octanol–water partition coefficient (Wildman–Crippen LogP) is 1.95. The highest BCUT2D eigenvalue weighted by Gasteiger charge is 2.58. The van der Waals surface area contributed by atoms with E-state index in [9.17, 15) is 4.79 Å². The zero-order valence-corrected chi connectivity index (χ0v) is 9.17. The number of hydrogen-bond donors (Lipinski definition) is 1. The Labute approximate surface area is 90.8 Å². The lowest BCUT2D eigenvalue weighted by Crippen LogP contribution is -2.60. The number of carbonyl (C=O) groups excluding carboxylic acids is 1. The standard InChI is InChI=1S/C13H19NO/c15-12-6-13-4-8-1-9(5-13)3-10(2-8)11(13)7-14-12/h8-11H,1-7H2,(H,14,15). The number of hydrogen-bond acceptors (Lipinski definition) is 1. The van der Waals surface area contributed by atoms with E-state index in [2.05, 4.69) is 5.32 Å². The molecule has 1 spiro atoms. The Morgan fingerprint density at radius 1 is 1.13 bits per heavy atom. The van der Waals surface area contributed by atoms with Crippen LogP contribution in [-0.2, 0) is 4.79 Å². The predicted molar refractivity (Wildman–Crippen MR) is 57.1 cm³/mol. The van der Waals surface area contributed by atoms with Gasteiger partial charge in [-0.15, -0.1) is 0 Å². The molecule has 1 aliphatic heterocycles. The van der Waals surface area contributed by atoms with E-state index >= 15 is 0 Å². The van der Waals surface area contributed by atoms with Crippen LogP contribution in [-0.4, -0.2) is 12.5 Å². The molecule has 2 nitrogen and oxygen atoms in total. The average Bonchev–Trinajstić information content (AvgIpc) is 2.14. The van der Waals surface area contributed by atoms with E-state index in [4.69, 9.17) is 0 Å². The zero-order valence-electron chi connectivity index (χ0n) is 9.17. The van der Waals surface area contributed by atoms with Gasteiger partial charge in [-0.1, -0.05) is 0 Å². The van der Waals surface area contributed by atoms with Crippen molar-refractivity contribution in [2.45, 2.75) is 38.5 Å². The molecule has 1 saturated heterocycles. The van der Waals surface area contributed by atoms with Crippen molar-refractivity contribution in [2.24, 2.45) is 29.1 Å². The third-order valence-electron chi connectivity index (χ3n) is 5.72. The number of nitrogens with one attached hydrogen (secondary N) is 1. The van der Waals surface area contributed by atoms with Crippen LogP contribution in [0.3, 0.4) is 0 Å². The Morgan fingerprint density at radius 2 is 1.87 bits per heavy atom. The topological polar surface area (TPSA) is 29.1 Å². The molecule has 82 valence electrons. The summed E-state index contributed by atoms with van der Waals surface area (Å²) in [5, 5.41) is 3.10. The molecule has 5 rings (SSSR count). The molecule has 0 aromatic heterocycles. The van der Waals surface area contributed by atoms with Crippen molar-refractivity contribution in [1.29, 1.82) is 0 Å². The monoisotopic (exact) mass is 205 g/mol. The largest absolute Gasteiger partial charge is 0.356 e. The van der Waals surface area contributed by atoms with E-state index in [-0.39, 0.29) is 0 Å². The Hall–Kier alpha value is -0.530. The van der Waals surface area contributed by atoms with Gasteiger partial charge in [-0.25, -0.2) is 0 Å². The van der Waals surface area contributed by atoms with E-state index in [1.807, 2.05) is 0 Å². The van der Waals surface area contributed by atoms with Gasteiger partial charge in [0.1, 0.15) is 0 Å². The number of amides is 1. The smallest absolute Gasteiger partial charge is 0.220 e. The van der Waals surface area contributed by atoms with Crippen molar-refractivity contribution in [1.82, 2.24) is 5.32 Å². The van der Waals surface area contributed by atoms with Gasteiger partial charge in [0.05, 0.1) is 0 Å². The molecule has 0 aromatic rings. The highest BCUT2D eigenvalue weighted by Crippen LogP contribution is 2.64. The highest BCUT2D eigenvalue weighted by molar-refractivity contribution is 5.77. The summed E-state index contributed by atoms with van der Waals surface area (Å²) in [6, 6.07) is 0. The van der Waals surface area contributed by atoms with Crippen molar-refractivity contribution < 1.29 is 4.79 Å². The SMILES string of the molecule is O=C1CC23CC4CC(CC(C4)C2CN1)C3. The van der Waals surface area contributed by atoms with Gasteiger partial charge in [0, 0.05) is 13.0 Å². The molecular formula is C13H19NO. The minimum Gasteiger partial charge on any atom is -0.356 e. The summed E-state index contributed by atoms with van der Waals surface area (Å²) in [6.07, 6.45) is 8.02. The van der Waals surface area contributed by atoms with Crippen LogP contribution in [0, 0.1) is 29.1 Å². The van der Waals surface area contributed by atoms with Gasteiger partial charge in [-0.3, -0.25) is 4.79 Å². The number of rotatable bonds is 0. The summed E-state index contributed by atoms with van der Waals surface area (Å²) in [5.74, 6) is 4.07. The molecular weight excluding hydrogens is 186 g/mol. The summed E-state index contributed by atoms with van der Waals surface area (Å²) < 4.78 is 0. The van der Waals surface area contributed by atoms with E-state index in [1.54, 1.807) is 0 Å². The van der Waals surface area contributed by atoms with Crippen LogP contribution in [0.15, 0.2) is 0 Å². The first-order chi connectivity index (χ1) is 7.25. The Bertz CT molecular complexity index is 310. The van der Waals surface area contributed by atoms with E-state index in [0.717, 1.165) is 36.6 Å². The summed E-state index contributed by atoms with van der Waals surface area (Å²) in [6.45, 7) is 0.989. The molecule has 1 amide bonds. The highest BCUT2D eigenvalue weighted by atomic mass is 16.1. The van der Waals surface area contributed by atoms with E-state index < -0.39 is 0 Å². The summed E-state index contributed by atoms with van der Waals surface area (Å²) in [5.41, 5.74) is 0.455. The Balaban J connectivity index is 1.75. The maximum absolute atomic E-state index is 11.6. The molecule has 3 atom stereocenters. The molecule has 4 saturated carbocycles. The molecule has 4 bridgehead atoms. The summed E-state index contributed by atoms with van der Waals surface area (Å²) in [4.78, 5) is 11.6. The number of carbonyl (C=O) groups is 1. The Morgan fingerprint density at radius 3 is 2.60 bits per heavy atom. The number of piperidine rings is 1. The van der Waals surface area contributed by atoms with E-state index in [1.165, 1.54) is 32.1 Å². The molecule has 2 heteroatoms. The normalized spacial score (nSPS) is 56.4. The quantitative estimate of drug-likeness (QED) is 0.643. The second kappa shape index (κ2) is 2.58. The van der Waals surface area contributed by atoms with Crippen molar-refractivity contribution in [3.63, 3.8) is 0 Å². The lowest BCUT2D eigenvalue weighted by molar-refractivity contribution is -0.151. The van der Waals surface area contributed by atoms with Crippen LogP contribution in [0.5, 0.6) is 0 Å². The average molecular weight is 205 g/mol. The third-order valence-corrected chi connectivity index (χ3v) is 5.72. The van der Waals surface area contributed by atoms with Gasteiger partial charge >= 0.3 is 0 Å². The van der Waals surface area contributed by atoms with Crippen molar-refractivity contribution in [2.75, 3.05) is 6.54 Å². The van der Waals surface area contributed by atoms with Gasteiger partial charge < -0.3 is 5.32 Å². The van der Waals surface area contributed by atoms with Gasteiger partial charge in [0.25, 0.3) is 0 Å². The third kappa shape index (κ3) is 1.03. The zero-order chi connectivity index (χ0) is 10.0. The lowest BCUT2D eigenvalue weighted by atomic mass is 9.43. The van der Waals surface area contributed by atoms with Crippen LogP contribution in [0.25, 0.3) is 0 Å².